The first kappa shape index (κ1) is 21.0. The van der Waals surface area contributed by atoms with Crippen LogP contribution in [0.15, 0.2) is 53.7 Å². The first-order chi connectivity index (χ1) is 13.8. The van der Waals surface area contributed by atoms with Crippen LogP contribution in [-0.2, 0) is 20.9 Å². The zero-order valence-corrected chi connectivity index (χ0v) is 16.8. The number of amides is 1. The molecule has 0 aromatic heterocycles. The molecular weight excluding hydrogens is 400 g/mol. The molecule has 0 radical (unpaired) electrons. The number of carbonyl (C=O) groups is 2. The van der Waals surface area contributed by atoms with Crippen LogP contribution >= 0.6 is 11.6 Å². The molecule has 4 nitrogen and oxygen atoms in total. The molecule has 2 aromatic carbocycles. The van der Waals surface area contributed by atoms with Crippen molar-refractivity contribution < 1.29 is 23.1 Å². The van der Waals surface area contributed by atoms with E-state index in [1.54, 1.807) is 38.1 Å². The second-order valence-corrected chi connectivity index (χ2v) is 7.12. The quantitative estimate of drug-likeness (QED) is 0.643. The molecule has 0 saturated carbocycles. The van der Waals surface area contributed by atoms with Gasteiger partial charge in [0.1, 0.15) is 11.6 Å². The Bertz CT molecular complexity index is 990. The Morgan fingerprint density at radius 3 is 2.62 bits per heavy atom. The van der Waals surface area contributed by atoms with Gasteiger partial charge in [-0.2, -0.15) is 0 Å². The smallest absolute Gasteiger partial charge is 0.336 e. The molecule has 152 valence electrons. The van der Waals surface area contributed by atoms with Crippen molar-refractivity contribution in [2.24, 2.45) is 0 Å². The highest BCUT2D eigenvalue weighted by Crippen LogP contribution is 2.40. The normalized spacial score (nSPS) is 16.9. The van der Waals surface area contributed by atoms with E-state index in [9.17, 15) is 18.4 Å². The highest BCUT2D eigenvalue weighted by atomic mass is 35.5. The predicted octanol–water partition coefficient (Wildman–Crippen LogP) is 4.97. The Labute approximate surface area is 172 Å². The molecule has 0 spiro atoms. The molecule has 0 bridgehead atoms. The number of benzene rings is 2. The standard InChI is InChI=1S/C22H20ClF2NO3/c1-3-29-22(28)21-13(2)26(12-14-8-9-15(24)10-19(14)25)20(27)11-17(21)16-6-4-5-7-18(16)23/h4-10,17H,3,11-12H2,1-2H3/t17-/m1/s1. The van der Waals surface area contributed by atoms with Crippen molar-refractivity contribution in [3.05, 3.63) is 81.5 Å². The molecule has 0 N–H and O–H groups in total. The number of rotatable bonds is 5. The summed E-state index contributed by atoms with van der Waals surface area (Å²) in [7, 11) is 0. The number of carbonyl (C=O) groups excluding carboxylic acids is 2. The van der Waals surface area contributed by atoms with E-state index < -0.39 is 23.5 Å². The SMILES string of the molecule is CCOC(=O)C1=C(C)N(Cc2ccc(F)cc2F)C(=O)C[C@@H]1c1ccccc1Cl. The number of allylic oxidation sites excluding steroid dienone is 1. The van der Waals surface area contributed by atoms with Crippen molar-refractivity contribution >= 4 is 23.5 Å². The van der Waals surface area contributed by atoms with Gasteiger partial charge >= 0.3 is 5.97 Å². The van der Waals surface area contributed by atoms with Crippen LogP contribution in [0.5, 0.6) is 0 Å². The third-order valence-electron chi connectivity index (χ3n) is 4.94. The van der Waals surface area contributed by atoms with Crippen LogP contribution in [0.4, 0.5) is 8.78 Å². The summed E-state index contributed by atoms with van der Waals surface area (Å²) in [6, 6.07) is 10.2. The molecule has 1 heterocycles. The number of nitrogens with zero attached hydrogens (tertiary/aromatic N) is 1. The van der Waals surface area contributed by atoms with Crippen molar-refractivity contribution in [1.29, 1.82) is 0 Å². The van der Waals surface area contributed by atoms with Gasteiger partial charge in [-0.05, 0) is 31.5 Å². The number of ether oxygens (including phenoxy) is 1. The van der Waals surface area contributed by atoms with Gasteiger partial charge in [0.2, 0.25) is 5.91 Å². The Balaban J connectivity index is 2.06. The molecule has 1 atom stereocenters. The van der Waals surface area contributed by atoms with Crippen molar-refractivity contribution in [3.63, 3.8) is 0 Å². The third kappa shape index (κ3) is 4.32. The maximum Gasteiger partial charge on any atom is 0.336 e. The van der Waals surface area contributed by atoms with Crippen LogP contribution < -0.4 is 0 Å². The largest absolute Gasteiger partial charge is 0.463 e. The summed E-state index contributed by atoms with van der Waals surface area (Å²) < 4.78 is 32.5. The average molecular weight is 420 g/mol. The van der Waals surface area contributed by atoms with Crippen LogP contribution in [0.3, 0.4) is 0 Å². The minimum atomic E-state index is -0.753. The lowest BCUT2D eigenvalue weighted by atomic mass is 9.83. The summed E-state index contributed by atoms with van der Waals surface area (Å²) in [6.07, 6.45) is -0.0158. The van der Waals surface area contributed by atoms with Gasteiger partial charge in [0.15, 0.2) is 0 Å². The lowest BCUT2D eigenvalue weighted by Crippen LogP contribution is -2.38. The fourth-order valence-corrected chi connectivity index (χ4v) is 3.79. The van der Waals surface area contributed by atoms with Crippen LogP contribution in [0.1, 0.15) is 37.3 Å². The monoisotopic (exact) mass is 419 g/mol. The van der Waals surface area contributed by atoms with E-state index in [-0.39, 0.29) is 31.0 Å². The highest BCUT2D eigenvalue weighted by Gasteiger charge is 2.37. The number of esters is 1. The van der Waals surface area contributed by atoms with E-state index >= 15 is 0 Å². The number of hydrogen-bond acceptors (Lipinski definition) is 3. The number of halogens is 3. The van der Waals surface area contributed by atoms with Crippen molar-refractivity contribution in [2.45, 2.75) is 32.7 Å². The summed E-state index contributed by atoms with van der Waals surface area (Å²) in [5.74, 6) is -2.85. The minimum absolute atomic E-state index is 0.0158. The molecule has 0 aliphatic carbocycles. The van der Waals surface area contributed by atoms with Gasteiger partial charge in [0.25, 0.3) is 0 Å². The van der Waals surface area contributed by atoms with E-state index in [1.807, 2.05) is 0 Å². The summed E-state index contributed by atoms with van der Waals surface area (Å²) in [4.78, 5) is 27.0. The molecule has 29 heavy (non-hydrogen) atoms. The Hall–Kier alpha value is -2.73. The van der Waals surface area contributed by atoms with Crippen LogP contribution in [0, 0.1) is 11.6 Å². The molecule has 3 rings (SSSR count). The average Bonchev–Trinajstić information content (AvgIpc) is 2.66. The maximum atomic E-state index is 14.1. The van der Waals surface area contributed by atoms with Crippen LogP contribution in [0.2, 0.25) is 5.02 Å². The van der Waals surface area contributed by atoms with Gasteiger partial charge in [0.05, 0.1) is 18.7 Å². The summed E-state index contributed by atoms with van der Waals surface area (Å²) >= 11 is 6.32. The Kier molecular flexibility index (Phi) is 6.33. The molecule has 0 saturated heterocycles. The van der Waals surface area contributed by atoms with E-state index in [0.29, 0.717) is 21.9 Å². The molecule has 7 heteroatoms. The molecule has 0 fully saturated rings. The maximum absolute atomic E-state index is 14.1. The first-order valence-electron chi connectivity index (χ1n) is 9.20. The van der Waals surface area contributed by atoms with Crippen molar-refractivity contribution in [3.8, 4) is 0 Å². The highest BCUT2D eigenvalue weighted by molar-refractivity contribution is 6.31. The fraction of sp³-hybridized carbons (Fsp3) is 0.273. The predicted molar refractivity (Wildman–Crippen MR) is 105 cm³/mol. The lowest BCUT2D eigenvalue weighted by molar-refractivity contribution is -0.140. The molecule has 1 aliphatic rings. The first-order valence-corrected chi connectivity index (χ1v) is 9.57. The van der Waals surface area contributed by atoms with Crippen LogP contribution in [0.25, 0.3) is 0 Å². The Morgan fingerprint density at radius 1 is 1.24 bits per heavy atom. The topological polar surface area (TPSA) is 46.6 Å². The molecule has 1 amide bonds. The zero-order valence-electron chi connectivity index (χ0n) is 16.0. The second-order valence-electron chi connectivity index (χ2n) is 6.71. The van der Waals surface area contributed by atoms with E-state index in [4.69, 9.17) is 16.3 Å². The van der Waals surface area contributed by atoms with Crippen molar-refractivity contribution in [2.75, 3.05) is 6.61 Å². The number of hydrogen-bond donors (Lipinski definition) is 0. The molecular formula is C22H20ClF2NO3. The van der Waals surface area contributed by atoms with Gasteiger partial charge in [0, 0.05) is 34.7 Å². The van der Waals surface area contributed by atoms with Gasteiger partial charge in [-0.25, -0.2) is 13.6 Å². The van der Waals surface area contributed by atoms with Gasteiger partial charge in [-0.3, -0.25) is 4.79 Å². The van der Waals surface area contributed by atoms with Crippen molar-refractivity contribution in [1.82, 2.24) is 4.90 Å². The fourth-order valence-electron chi connectivity index (χ4n) is 3.52. The van der Waals surface area contributed by atoms with Gasteiger partial charge < -0.3 is 9.64 Å². The lowest BCUT2D eigenvalue weighted by Gasteiger charge is -2.34. The van der Waals surface area contributed by atoms with E-state index in [0.717, 1.165) is 12.1 Å². The van der Waals surface area contributed by atoms with E-state index in [2.05, 4.69) is 0 Å². The summed E-state index contributed by atoms with van der Waals surface area (Å²) in [5.41, 5.74) is 1.48. The summed E-state index contributed by atoms with van der Waals surface area (Å²) in [6.45, 7) is 3.37. The molecule has 2 aromatic rings. The summed E-state index contributed by atoms with van der Waals surface area (Å²) in [5, 5.41) is 0.443. The van der Waals surface area contributed by atoms with E-state index in [1.165, 1.54) is 11.0 Å². The third-order valence-corrected chi connectivity index (χ3v) is 5.29. The van der Waals surface area contributed by atoms with Gasteiger partial charge in [-0.1, -0.05) is 35.9 Å². The zero-order chi connectivity index (χ0) is 21.1. The second kappa shape index (κ2) is 8.74. The van der Waals surface area contributed by atoms with Gasteiger partial charge in [-0.15, -0.1) is 0 Å². The Morgan fingerprint density at radius 2 is 1.97 bits per heavy atom. The molecule has 1 aliphatic heterocycles. The minimum Gasteiger partial charge on any atom is -0.463 e. The van der Waals surface area contributed by atoms with Crippen LogP contribution in [-0.4, -0.2) is 23.4 Å². The molecule has 0 unspecified atom stereocenters.